The van der Waals surface area contributed by atoms with Crippen LogP contribution in [0.3, 0.4) is 0 Å². The molecule has 1 aromatic carbocycles. The molecule has 0 amide bonds. The number of nitro groups is 1. The van der Waals surface area contributed by atoms with Crippen molar-refractivity contribution < 1.29 is 14.8 Å². The molecule has 0 fully saturated rings. The molecule has 16 heavy (non-hydrogen) atoms. The van der Waals surface area contributed by atoms with E-state index in [1.54, 1.807) is 0 Å². The summed E-state index contributed by atoms with van der Waals surface area (Å²) < 4.78 is 0. The van der Waals surface area contributed by atoms with Crippen molar-refractivity contribution in [3.8, 4) is 11.8 Å². The Bertz CT molecular complexity index is 499. The van der Waals surface area contributed by atoms with Crippen molar-refractivity contribution in [3.63, 3.8) is 0 Å². The number of rotatable bonds is 2. The van der Waals surface area contributed by atoms with E-state index in [1.807, 2.05) is 0 Å². The van der Waals surface area contributed by atoms with Gasteiger partial charge in [0.15, 0.2) is 0 Å². The number of nitro benzene ring substituents is 1. The number of hydrogen-bond acceptors (Lipinski definition) is 4. The Balaban J connectivity index is 3.30. The van der Waals surface area contributed by atoms with Crippen molar-refractivity contribution in [1.82, 2.24) is 0 Å². The zero-order chi connectivity index (χ0) is 12.1. The fraction of sp³-hybridized carbons (Fsp3) is 0.100. The van der Waals surface area contributed by atoms with Crippen LogP contribution in [-0.4, -0.2) is 22.5 Å². The molecule has 1 rings (SSSR count). The van der Waals surface area contributed by atoms with Crippen LogP contribution >= 0.6 is 0 Å². The highest BCUT2D eigenvalue weighted by molar-refractivity contribution is 5.91. The predicted molar refractivity (Wildman–Crippen MR) is 56.0 cm³/mol. The molecule has 0 saturated carbocycles. The maximum atomic E-state index is 10.8. The number of non-ortho nitro benzene ring substituents is 1. The van der Waals surface area contributed by atoms with E-state index in [-0.39, 0.29) is 23.4 Å². The average Bonchev–Trinajstić information content (AvgIpc) is 2.25. The number of carboxylic acid groups (broad SMARTS) is 1. The SMILES string of the molecule is NCC#Cc1ccc([N+](=O)[O-])cc1C(=O)O. The third-order valence-corrected chi connectivity index (χ3v) is 1.77. The van der Waals surface area contributed by atoms with Gasteiger partial charge in [-0.1, -0.05) is 11.8 Å². The van der Waals surface area contributed by atoms with Crippen LogP contribution in [0.5, 0.6) is 0 Å². The first kappa shape index (κ1) is 11.7. The Kier molecular flexibility index (Phi) is 3.58. The van der Waals surface area contributed by atoms with E-state index in [0.717, 1.165) is 6.07 Å². The molecule has 0 bridgehead atoms. The molecule has 1 aromatic rings. The molecule has 0 aliphatic heterocycles. The number of nitrogens with two attached hydrogens (primary N) is 1. The lowest BCUT2D eigenvalue weighted by Gasteiger charge is -1.98. The maximum Gasteiger partial charge on any atom is 0.337 e. The highest BCUT2D eigenvalue weighted by Gasteiger charge is 2.14. The summed E-state index contributed by atoms with van der Waals surface area (Å²) in [4.78, 5) is 20.6. The average molecular weight is 220 g/mol. The fourth-order valence-corrected chi connectivity index (χ4v) is 1.08. The van der Waals surface area contributed by atoms with Crippen molar-refractivity contribution >= 4 is 11.7 Å². The van der Waals surface area contributed by atoms with Gasteiger partial charge in [-0.3, -0.25) is 10.1 Å². The molecule has 0 radical (unpaired) electrons. The van der Waals surface area contributed by atoms with Crippen LogP contribution in [0, 0.1) is 22.0 Å². The van der Waals surface area contributed by atoms with Gasteiger partial charge in [0, 0.05) is 17.7 Å². The number of aromatic carboxylic acids is 1. The summed E-state index contributed by atoms with van der Waals surface area (Å²) in [5, 5.41) is 19.3. The van der Waals surface area contributed by atoms with Gasteiger partial charge in [0.25, 0.3) is 5.69 Å². The summed E-state index contributed by atoms with van der Waals surface area (Å²) >= 11 is 0. The number of carboxylic acids is 1. The van der Waals surface area contributed by atoms with E-state index in [4.69, 9.17) is 10.8 Å². The van der Waals surface area contributed by atoms with Gasteiger partial charge in [-0.25, -0.2) is 4.79 Å². The third-order valence-electron chi connectivity index (χ3n) is 1.77. The van der Waals surface area contributed by atoms with E-state index in [9.17, 15) is 14.9 Å². The largest absolute Gasteiger partial charge is 0.478 e. The van der Waals surface area contributed by atoms with Crippen LogP contribution in [0.4, 0.5) is 5.69 Å². The van der Waals surface area contributed by atoms with Gasteiger partial charge in [-0.05, 0) is 6.07 Å². The van der Waals surface area contributed by atoms with Crippen molar-refractivity contribution in [1.29, 1.82) is 0 Å². The Hall–Kier alpha value is -2.39. The fourth-order valence-electron chi connectivity index (χ4n) is 1.08. The molecule has 6 nitrogen and oxygen atoms in total. The topological polar surface area (TPSA) is 106 Å². The molecule has 0 heterocycles. The standard InChI is InChI=1S/C10H8N2O4/c11-5-1-2-7-3-4-8(12(15)16)6-9(7)10(13)14/h3-4,6H,5,11H2,(H,13,14). The van der Waals surface area contributed by atoms with Gasteiger partial charge in [0.2, 0.25) is 0 Å². The van der Waals surface area contributed by atoms with Gasteiger partial charge in [0.05, 0.1) is 17.0 Å². The Labute approximate surface area is 90.8 Å². The van der Waals surface area contributed by atoms with Gasteiger partial charge in [-0.15, -0.1) is 0 Å². The normalized spacial score (nSPS) is 9.06. The lowest BCUT2D eigenvalue weighted by molar-refractivity contribution is -0.384. The molecule has 3 N–H and O–H groups in total. The summed E-state index contributed by atoms with van der Waals surface area (Å²) in [6.07, 6.45) is 0. The second kappa shape index (κ2) is 4.91. The minimum atomic E-state index is -1.26. The Morgan fingerprint density at radius 1 is 1.56 bits per heavy atom. The van der Waals surface area contributed by atoms with E-state index in [2.05, 4.69) is 11.8 Å². The lowest BCUT2D eigenvalue weighted by atomic mass is 10.1. The van der Waals surface area contributed by atoms with E-state index >= 15 is 0 Å². The summed E-state index contributed by atoms with van der Waals surface area (Å²) in [5.74, 6) is 3.78. The molecule has 82 valence electrons. The molecule has 0 aromatic heterocycles. The molecule has 0 unspecified atom stereocenters. The summed E-state index contributed by atoms with van der Waals surface area (Å²) in [5.41, 5.74) is 4.88. The second-order valence-corrected chi connectivity index (χ2v) is 2.80. The zero-order valence-corrected chi connectivity index (χ0v) is 8.14. The first-order valence-corrected chi connectivity index (χ1v) is 4.27. The van der Waals surface area contributed by atoms with Crippen LogP contribution in [0.15, 0.2) is 18.2 Å². The number of nitrogens with zero attached hydrogens (tertiary/aromatic N) is 1. The Morgan fingerprint density at radius 3 is 2.75 bits per heavy atom. The number of hydrogen-bond donors (Lipinski definition) is 2. The number of carbonyl (C=O) groups is 1. The molecule has 6 heteroatoms. The van der Waals surface area contributed by atoms with Gasteiger partial charge < -0.3 is 10.8 Å². The van der Waals surface area contributed by atoms with Gasteiger partial charge in [-0.2, -0.15) is 0 Å². The van der Waals surface area contributed by atoms with Crippen molar-refractivity contribution in [2.75, 3.05) is 6.54 Å². The van der Waals surface area contributed by atoms with Gasteiger partial charge >= 0.3 is 5.97 Å². The third kappa shape index (κ3) is 2.56. The molecule has 0 atom stereocenters. The summed E-state index contributed by atoms with van der Waals surface area (Å²) in [7, 11) is 0. The maximum absolute atomic E-state index is 10.8. The first-order valence-electron chi connectivity index (χ1n) is 4.27. The molecule has 0 aliphatic carbocycles. The van der Waals surface area contributed by atoms with Crippen LogP contribution in [0.2, 0.25) is 0 Å². The molecular formula is C10H8N2O4. The van der Waals surface area contributed by atoms with Gasteiger partial charge in [0.1, 0.15) is 0 Å². The highest BCUT2D eigenvalue weighted by atomic mass is 16.6. The van der Waals surface area contributed by atoms with Crippen molar-refractivity contribution in [2.24, 2.45) is 5.73 Å². The first-order chi connectivity index (χ1) is 7.56. The molecule has 0 aliphatic rings. The smallest absolute Gasteiger partial charge is 0.337 e. The zero-order valence-electron chi connectivity index (χ0n) is 8.14. The van der Waals surface area contributed by atoms with Crippen LogP contribution in [0.25, 0.3) is 0 Å². The summed E-state index contributed by atoms with van der Waals surface area (Å²) in [6, 6.07) is 3.47. The van der Waals surface area contributed by atoms with Crippen LogP contribution in [-0.2, 0) is 0 Å². The predicted octanol–water partition coefficient (Wildman–Crippen LogP) is 0.603. The van der Waals surface area contributed by atoms with E-state index in [1.165, 1.54) is 12.1 Å². The minimum absolute atomic E-state index is 0.0933. The minimum Gasteiger partial charge on any atom is -0.478 e. The molecular weight excluding hydrogens is 212 g/mol. The highest BCUT2D eigenvalue weighted by Crippen LogP contribution is 2.17. The second-order valence-electron chi connectivity index (χ2n) is 2.80. The number of benzene rings is 1. The van der Waals surface area contributed by atoms with Crippen molar-refractivity contribution in [2.45, 2.75) is 0 Å². The van der Waals surface area contributed by atoms with Crippen LogP contribution < -0.4 is 5.73 Å². The quantitative estimate of drug-likeness (QED) is 0.431. The van der Waals surface area contributed by atoms with Crippen molar-refractivity contribution in [3.05, 3.63) is 39.4 Å². The lowest BCUT2D eigenvalue weighted by Crippen LogP contribution is -2.02. The molecule has 0 saturated heterocycles. The monoisotopic (exact) mass is 220 g/mol. The summed E-state index contributed by atoms with van der Waals surface area (Å²) in [6.45, 7) is 0.0933. The Morgan fingerprint density at radius 2 is 2.25 bits per heavy atom. The van der Waals surface area contributed by atoms with E-state index in [0.29, 0.717) is 0 Å². The van der Waals surface area contributed by atoms with Crippen LogP contribution in [0.1, 0.15) is 15.9 Å². The molecule has 0 spiro atoms. The van der Waals surface area contributed by atoms with E-state index < -0.39 is 10.9 Å².